The van der Waals surface area contributed by atoms with E-state index in [1.54, 1.807) is 6.08 Å². The Labute approximate surface area is 67.8 Å². The summed E-state index contributed by atoms with van der Waals surface area (Å²) in [5, 5.41) is 3.14. The molecule has 1 heteroatoms. The topological polar surface area (TPSA) is 12.0 Å². The van der Waals surface area contributed by atoms with Crippen LogP contribution in [-0.4, -0.2) is 6.54 Å². The molecule has 0 radical (unpaired) electrons. The van der Waals surface area contributed by atoms with Crippen molar-refractivity contribution < 1.29 is 0 Å². The molecule has 0 aliphatic carbocycles. The predicted octanol–water partition coefficient (Wildman–Crippen LogP) is 2.16. The second kappa shape index (κ2) is 3.81. The molecule has 0 aromatic heterocycles. The second-order valence-corrected chi connectivity index (χ2v) is 2.49. The lowest BCUT2D eigenvalue weighted by Gasteiger charge is -2.09. The first-order valence-corrected chi connectivity index (χ1v) is 3.74. The number of allylic oxidation sites excluding steroid dienone is 5. The molecule has 0 amide bonds. The van der Waals surface area contributed by atoms with Gasteiger partial charge in [0, 0.05) is 12.7 Å². The summed E-state index contributed by atoms with van der Waals surface area (Å²) in [4.78, 5) is 0. The minimum Gasteiger partial charge on any atom is -0.387 e. The van der Waals surface area contributed by atoms with Gasteiger partial charge < -0.3 is 5.32 Å². The zero-order valence-corrected chi connectivity index (χ0v) is 6.80. The first kappa shape index (κ1) is 7.86. The summed E-state index contributed by atoms with van der Waals surface area (Å²) in [7, 11) is 0. The Bertz CT molecular complexity index is 231. The maximum atomic E-state index is 3.62. The van der Waals surface area contributed by atoms with Crippen LogP contribution in [0.4, 0.5) is 0 Å². The number of hydrogen-bond acceptors (Lipinski definition) is 1. The van der Waals surface area contributed by atoms with Gasteiger partial charge in [0.1, 0.15) is 0 Å². The van der Waals surface area contributed by atoms with E-state index in [0.29, 0.717) is 0 Å². The molecule has 1 aliphatic rings. The van der Waals surface area contributed by atoms with Gasteiger partial charge in [-0.25, -0.2) is 0 Å². The van der Waals surface area contributed by atoms with Gasteiger partial charge in [-0.3, -0.25) is 0 Å². The smallest absolute Gasteiger partial charge is 0.0334 e. The van der Waals surface area contributed by atoms with Crippen LogP contribution in [0.15, 0.2) is 48.2 Å². The minimum atomic E-state index is 0.925. The molecule has 1 aliphatic heterocycles. The summed E-state index contributed by atoms with van der Waals surface area (Å²) < 4.78 is 0. The highest BCUT2D eigenvalue weighted by atomic mass is 14.8. The average Bonchev–Trinajstić information content (AvgIpc) is 2.03. The number of rotatable bonds is 2. The summed E-state index contributed by atoms with van der Waals surface area (Å²) in [5.41, 5.74) is 2.55. The van der Waals surface area contributed by atoms with E-state index in [4.69, 9.17) is 0 Å². The normalized spacial score (nSPS) is 17.2. The molecule has 1 N–H and O–H groups in total. The maximum Gasteiger partial charge on any atom is 0.0334 e. The van der Waals surface area contributed by atoms with Gasteiger partial charge in [0.2, 0.25) is 0 Å². The van der Waals surface area contributed by atoms with Gasteiger partial charge in [-0.2, -0.15) is 0 Å². The first-order chi connectivity index (χ1) is 5.34. The summed E-state index contributed by atoms with van der Waals surface area (Å²) >= 11 is 0. The van der Waals surface area contributed by atoms with E-state index in [2.05, 4.69) is 31.0 Å². The van der Waals surface area contributed by atoms with E-state index in [1.165, 1.54) is 11.1 Å². The molecule has 1 nitrogen and oxygen atoms in total. The molecule has 0 unspecified atom stereocenters. The molecular weight excluding hydrogens is 134 g/mol. The third kappa shape index (κ3) is 2.11. The SMILES string of the molecule is C=C/C=C\C1=CCNC=C1C. The Morgan fingerprint density at radius 3 is 3.09 bits per heavy atom. The third-order valence-electron chi connectivity index (χ3n) is 1.63. The highest BCUT2D eigenvalue weighted by Crippen LogP contribution is 2.11. The fraction of sp³-hybridized carbons (Fsp3) is 0.200. The highest BCUT2D eigenvalue weighted by molar-refractivity contribution is 5.41. The fourth-order valence-electron chi connectivity index (χ4n) is 0.996. The van der Waals surface area contributed by atoms with E-state index in [9.17, 15) is 0 Å². The van der Waals surface area contributed by atoms with E-state index in [0.717, 1.165) is 6.54 Å². The van der Waals surface area contributed by atoms with Gasteiger partial charge in [-0.1, -0.05) is 30.9 Å². The molecule has 0 aromatic rings. The molecule has 0 atom stereocenters. The maximum absolute atomic E-state index is 3.62. The molecule has 1 rings (SSSR count). The summed E-state index contributed by atoms with van der Waals surface area (Å²) in [6, 6.07) is 0. The molecule has 0 saturated carbocycles. The molecule has 1 heterocycles. The Kier molecular flexibility index (Phi) is 2.73. The van der Waals surface area contributed by atoms with Gasteiger partial charge in [-0.15, -0.1) is 0 Å². The van der Waals surface area contributed by atoms with Crippen LogP contribution in [0, 0.1) is 0 Å². The van der Waals surface area contributed by atoms with Crippen molar-refractivity contribution in [3.05, 3.63) is 48.2 Å². The van der Waals surface area contributed by atoms with Gasteiger partial charge in [-0.05, 0) is 18.1 Å². The number of dihydropyridines is 1. The van der Waals surface area contributed by atoms with E-state index < -0.39 is 0 Å². The second-order valence-electron chi connectivity index (χ2n) is 2.49. The van der Waals surface area contributed by atoms with Gasteiger partial charge >= 0.3 is 0 Å². The van der Waals surface area contributed by atoms with Crippen LogP contribution in [0.1, 0.15) is 6.92 Å². The largest absolute Gasteiger partial charge is 0.387 e. The van der Waals surface area contributed by atoms with E-state index in [-0.39, 0.29) is 0 Å². The zero-order valence-electron chi connectivity index (χ0n) is 6.80. The van der Waals surface area contributed by atoms with Crippen LogP contribution in [-0.2, 0) is 0 Å². The molecule has 11 heavy (non-hydrogen) atoms. The van der Waals surface area contributed by atoms with Crippen molar-refractivity contribution in [1.29, 1.82) is 0 Å². The van der Waals surface area contributed by atoms with Gasteiger partial charge in [0.05, 0.1) is 0 Å². The third-order valence-corrected chi connectivity index (χ3v) is 1.63. The van der Waals surface area contributed by atoms with E-state index >= 15 is 0 Å². The van der Waals surface area contributed by atoms with Crippen molar-refractivity contribution in [3.8, 4) is 0 Å². The number of hydrogen-bond donors (Lipinski definition) is 1. The van der Waals surface area contributed by atoms with Crippen LogP contribution < -0.4 is 5.32 Å². The molecule has 0 spiro atoms. The zero-order chi connectivity index (χ0) is 8.10. The Morgan fingerprint density at radius 2 is 2.45 bits per heavy atom. The molecule has 0 bridgehead atoms. The first-order valence-electron chi connectivity index (χ1n) is 3.74. The lowest BCUT2D eigenvalue weighted by atomic mass is 10.1. The lowest BCUT2D eigenvalue weighted by Crippen LogP contribution is -2.10. The molecule has 0 fully saturated rings. The van der Waals surface area contributed by atoms with Crippen molar-refractivity contribution >= 4 is 0 Å². The summed E-state index contributed by atoms with van der Waals surface area (Å²) in [6.45, 7) is 6.63. The Hall–Kier alpha value is -1.24. The van der Waals surface area contributed by atoms with Crippen molar-refractivity contribution in [2.75, 3.05) is 6.54 Å². The van der Waals surface area contributed by atoms with Gasteiger partial charge in [0.25, 0.3) is 0 Å². The minimum absolute atomic E-state index is 0.925. The highest BCUT2D eigenvalue weighted by Gasteiger charge is 1.98. The Morgan fingerprint density at radius 1 is 1.64 bits per heavy atom. The fourth-order valence-corrected chi connectivity index (χ4v) is 0.996. The van der Waals surface area contributed by atoms with Crippen LogP contribution in [0.25, 0.3) is 0 Å². The van der Waals surface area contributed by atoms with Crippen molar-refractivity contribution in [2.24, 2.45) is 0 Å². The van der Waals surface area contributed by atoms with Gasteiger partial charge in [0.15, 0.2) is 0 Å². The number of nitrogens with one attached hydrogen (secondary N) is 1. The quantitative estimate of drug-likeness (QED) is 0.590. The standard InChI is InChI=1S/C10H13N/c1-3-4-5-10-6-7-11-8-9(10)2/h3-6,8,11H,1,7H2,2H3/b5-4-. The Balaban J connectivity index is 2.70. The average molecular weight is 147 g/mol. The molecule has 0 aromatic carbocycles. The molecule has 58 valence electrons. The summed E-state index contributed by atoms with van der Waals surface area (Å²) in [6.07, 6.45) is 10.0. The summed E-state index contributed by atoms with van der Waals surface area (Å²) in [5.74, 6) is 0. The monoisotopic (exact) mass is 147 g/mol. The van der Waals surface area contributed by atoms with Crippen LogP contribution >= 0.6 is 0 Å². The molecular formula is C10H13N. The van der Waals surface area contributed by atoms with Crippen LogP contribution in [0.3, 0.4) is 0 Å². The molecule has 0 saturated heterocycles. The van der Waals surface area contributed by atoms with Crippen molar-refractivity contribution in [2.45, 2.75) is 6.92 Å². The van der Waals surface area contributed by atoms with E-state index in [1.807, 2.05) is 12.3 Å². The van der Waals surface area contributed by atoms with Crippen LogP contribution in [0.5, 0.6) is 0 Å². The van der Waals surface area contributed by atoms with Crippen LogP contribution in [0.2, 0.25) is 0 Å². The lowest BCUT2D eigenvalue weighted by molar-refractivity contribution is 0.943. The van der Waals surface area contributed by atoms with Crippen molar-refractivity contribution in [1.82, 2.24) is 5.32 Å². The predicted molar refractivity (Wildman–Crippen MR) is 49.2 cm³/mol. The van der Waals surface area contributed by atoms with Crippen molar-refractivity contribution in [3.63, 3.8) is 0 Å².